The molecule has 1 heterocycles. The average Bonchev–Trinajstić information content (AvgIpc) is 2.68. The lowest BCUT2D eigenvalue weighted by molar-refractivity contribution is -0.128. The molecule has 3 rings (SSSR count). The van der Waals surface area contributed by atoms with Crippen LogP contribution < -0.4 is 5.32 Å². The number of hydrogen-bond donors (Lipinski definition) is 1. The van der Waals surface area contributed by atoms with E-state index in [-0.39, 0.29) is 35.0 Å². The molecule has 2 unspecified atom stereocenters. The van der Waals surface area contributed by atoms with Crippen molar-refractivity contribution < 1.29 is 14.0 Å². The summed E-state index contributed by atoms with van der Waals surface area (Å²) in [6.07, 6.45) is 6.05. The van der Waals surface area contributed by atoms with Gasteiger partial charge in [0.05, 0.1) is 0 Å². The van der Waals surface area contributed by atoms with Crippen molar-refractivity contribution in [2.75, 3.05) is 13.1 Å². The summed E-state index contributed by atoms with van der Waals surface area (Å²) in [5.41, 5.74) is 0.697. The van der Waals surface area contributed by atoms with Gasteiger partial charge in [0.25, 0.3) is 5.91 Å². The van der Waals surface area contributed by atoms with Crippen molar-refractivity contribution in [3.8, 4) is 0 Å². The average molecular weight is 389 g/mol. The van der Waals surface area contributed by atoms with Crippen LogP contribution in [-0.2, 0) is 4.79 Å². The zero-order chi connectivity index (χ0) is 20.3. The first-order valence-electron chi connectivity index (χ1n) is 10.6. The molecule has 28 heavy (non-hydrogen) atoms. The summed E-state index contributed by atoms with van der Waals surface area (Å²) in [6.45, 7) is 7.94. The maximum atomic E-state index is 13.1. The van der Waals surface area contributed by atoms with E-state index in [1.54, 1.807) is 4.90 Å². The lowest BCUT2D eigenvalue weighted by Crippen LogP contribution is -2.50. The highest BCUT2D eigenvalue weighted by Crippen LogP contribution is 2.38. The molecule has 2 fully saturated rings. The number of benzene rings is 1. The second-order valence-corrected chi connectivity index (χ2v) is 9.45. The van der Waals surface area contributed by atoms with Crippen LogP contribution in [0.2, 0.25) is 0 Å². The van der Waals surface area contributed by atoms with Crippen molar-refractivity contribution in [3.05, 3.63) is 35.6 Å². The Hall–Kier alpha value is -1.91. The van der Waals surface area contributed by atoms with Crippen molar-refractivity contribution in [2.45, 2.75) is 65.3 Å². The fourth-order valence-corrected chi connectivity index (χ4v) is 4.76. The van der Waals surface area contributed by atoms with Gasteiger partial charge in [-0.2, -0.15) is 0 Å². The zero-order valence-electron chi connectivity index (χ0n) is 17.3. The van der Waals surface area contributed by atoms with Crippen LogP contribution in [0.5, 0.6) is 0 Å². The molecule has 0 aromatic heterocycles. The molecule has 2 amide bonds. The zero-order valence-corrected chi connectivity index (χ0v) is 17.3. The number of likely N-dealkylation sites (tertiary alicyclic amines) is 1. The first-order valence-corrected chi connectivity index (χ1v) is 10.6. The summed E-state index contributed by atoms with van der Waals surface area (Å²) < 4.78 is 13.1. The highest BCUT2D eigenvalue weighted by atomic mass is 19.1. The van der Waals surface area contributed by atoms with Crippen molar-refractivity contribution in [2.24, 2.45) is 17.3 Å². The van der Waals surface area contributed by atoms with Crippen LogP contribution in [0.3, 0.4) is 0 Å². The molecule has 154 valence electrons. The number of piperidine rings is 1. The maximum Gasteiger partial charge on any atom is 0.253 e. The summed E-state index contributed by atoms with van der Waals surface area (Å²) in [4.78, 5) is 27.2. The highest BCUT2D eigenvalue weighted by Gasteiger charge is 2.36. The van der Waals surface area contributed by atoms with E-state index in [0.29, 0.717) is 37.4 Å². The van der Waals surface area contributed by atoms with Gasteiger partial charge in [-0.15, -0.1) is 0 Å². The van der Waals surface area contributed by atoms with E-state index in [1.165, 1.54) is 43.5 Å². The van der Waals surface area contributed by atoms with Crippen LogP contribution in [0.4, 0.5) is 4.39 Å². The molecule has 2 atom stereocenters. The van der Waals surface area contributed by atoms with E-state index < -0.39 is 0 Å². The highest BCUT2D eigenvalue weighted by molar-refractivity contribution is 5.94. The molecule has 1 N–H and O–H groups in total. The van der Waals surface area contributed by atoms with Crippen molar-refractivity contribution in [1.82, 2.24) is 10.2 Å². The van der Waals surface area contributed by atoms with Gasteiger partial charge in [0.1, 0.15) is 5.82 Å². The minimum Gasteiger partial charge on any atom is -0.353 e. The number of halogens is 1. The third kappa shape index (κ3) is 4.92. The molecule has 4 nitrogen and oxygen atoms in total. The van der Waals surface area contributed by atoms with Gasteiger partial charge in [0.15, 0.2) is 0 Å². The normalized spacial score (nSPS) is 24.1. The molecule has 5 heteroatoms. The van der Waals surface area contributed by atoms with Crippen molar-refractivity contribution in [1.29, 1.82) is 0 Å². The minimum absolute atomic E-state index is 0.0280. The standard InChI is InChI=1S/C23H33FN2O2/c1-23(2,3)19-6-4-5-7-20(19)25-21(27)16-12-14-26(15-13-16)22(28)17-8-10-18(24)11-9-17/h8-11,16,19-20H,4-7,12-15H2,1-3H3,(H,25,27). The molecule has 1 aliphatic carbocycles. The number of carbonyl (C=O) groups is 2. The third-order valence-corrected chi connectivity index (χ3v) is 6.45. The van der Waals surface area contributed by atoms with E-state index in [1.807, 2.05) is 0 Å². The Kier molecular flexibility index (Phi) is 6.41. The molecule has 1 aromatic rings. The van der Waals surface area contributed by atoms with Crippen LogP contribution in [0.15, 0.2) is 24.3 Å². The Labute approximate surface area is 167 Å². The van der Waals surface area contributed by atoms with E-state index in [2.05, 4.69) is 26.1 Å². The van der Waals surface area contributed by atoms with Crippen LogP contribution in [-0.4, -0.2) is 35.8 Å². The molecule has 1 aliphatic heterocycles. The molecule has 1 saturated heterocycles. The second-order valence-electron chi connectivity index (χ2n) is 9.45. The fourth-order valence-electron chi connectivity index (χ4n) is 4.76. The Morgan fingerprint density at radius 2 is 1.61 bits per heavy atom. The molecule has 1 saturated carbocycles. The summed E-state index contributed by atoms with van der Waals surface area (Å²) in [5.74, 6) is 0.210. The van der Waals surface area contributed by atoms with Crippen LogP contribution in [0.1, 0.15) is 69.7 Å². The largest absolute Gasteiger partial charge is 0.353 e. The smallest absolute Gasteiger partial charge is 0.253 e. The van der Waals surface area contributed by atoms with Crippen molar-refractivity contribution in [3.63, 3.8) is 0 Å². The van der Waals surface area contributed by atoms with Gasteiger partial charge in [-0.1, -0.05) is 33.6 Å². The molecular formula is C23H33FN2O2. The number of carbonyl (C=O) groups excluding carboxylic acids is 2. The lowest BCUT2D eigenvalue weighted by Gasteiger charge is -2.41. The topological polar surface area (TPSA) is 49.4 Å². The first-order chi connectivity index (χ1) is 13.3. The summed E-state index contributed by atoms with van der Waals surface area (Å²) in [7, 11) is 0. The third-order valence-electron chi connectivity index (χ3n) is 6.45. The Morgan fingerprint density at radius 3 is 2.21 bits per heavy atom. The van der Waals surface area contributed by atoms with Gasteiger partial charge in [-0.3, -0.25) is 9.59 Å². The summed E-state index contributed by atoms with van der Waals surface area (Å²) in [6, 6.07) is 5.92. The summed E-state index contributed by atoms with van der Waals surface area (Å²) in [5, 5.41) is 3.34. The minimum atomic E-state index is -0.344. The predicted molar refractivity (Wildman–Crippen MR) is 108 cm³/mol. The summed E-state index contributed by atoms with van der Waals surface area (Å²) >= 11 is 0. The maximum absolute atomic E-state index is 13.1. The number of amides is 2. The Morgan fingerprint density at radius 1 is 1.00 bits per heavy atom. The second kappa shape index (κ2) is 8.62. The number of nitrogens with zero attached hydrogens (tertiary/aromatic N) is 1. The molecular weight excluding hydrogens is 355 g/mol. The van der Waals surface area contributed by atoms with Crippen LogP contribution in [0.25, 0.3) is 0 Å². The van der Waals surface area contributed by atoms with Gasteiger partial charge in [0, 0.05) is 30.6 Å². The van der Waals surface area contributed by atoms with E-state index >= 15 is 0 Å². The van der Waals surface area contributed by atoms with E-state index in [0.717, 1.165) is 6.42 Å². The van der Waals surface area contributed by atoms with E-state index in [4.69, 9.17) is 0 Å². The molecule has 0 spiro atoms. The van der Waals surface area contributed by atoms with E-state index in [9.17, 15) is 14.0 Å². The van der Waals surface area contributed by atoms with Gasteiger partial charge in [-0.25, -0.2) is 4.39 Å². The van der Waals surface area contributed by atoms with Gasteiger partial charge in [-0.05, 0) is 61.3 Å². The molecule has 1 aromatic carbocycles. The Balaban J connectivity index is 1.53. The fraction of sp³-hybridized carbons (Fsp3) is 0.652. The van der Waals surface area contributed by atoms with Gasteiger partial charge >= 0.3 is 0 Å². The monoisotopic (exact) mass is 388 g/mol. The Bertz CT molecular complexity index is 688. The lowest BCUT2D eigenvalue weighted by atomic mass is 9.69. The number of nitrogens with one attached hydrogen (secondary N) is 1. The molecule has 0 radical (unpaired) electrons. The van der Waals surface area contributed by atoms with Gasteiger partial charge in [0.2, 0.25) is 5.91 Å². The SMILES string of the molecule is CC(C)(C)C1CCCCC1NC(=O)C1CCN(C(=O)c2ccc(F)cc2)CC1. The molecule has 2 aliphatic rings. The predicted octanol–water partition coefficient (Wildman–Crippen LogP) is 4.40. The molecule has 0 bridgehead atoms. The quantitative estimate of drug-likeness (QED) is 0.834. The van der Waals surface area contributed by atoms with Gasteiger partial charge < -0.3 is 10.2 Å². The number of hydrogen-bond acceptors (Lipinski definition) is 2. The number of rotatable bonds is 3. The van der Waals surface area contributed by atoms with Crippen LogP contribution in [0, 0.1) is 23.1 Å². The van der Waals surface area contributed by atoms with Crippen LogP contribution >= 0.6 is 0 Å². The first kappa shape index (κ1) is 20.8. The van der Waals surface area contributed by atoms with Crippen molar-refractivity contribution >= 4 is 11.8 Å².